The Morgan fingerprint density at radius 1 is 1.35 bits per heavy atom. The highest BCUT2D eigenvalue weighted by molar-refractivity contribution is 5.77. The molecule has 0 unspecified atom stereocenters. The van der Waals surface area contributed by atoms with E-state index in [-0.39, 0.29) is 23.3 Å². The third-order valence-corrected chi connectivity index (χ3v) is 3.19. The number of hydrogen-bond acceptors (Lipinski definition) is 7. The first-order valence-corrected chi connectivity index (χ1v) is 6.71. The molecule has 0 amide bonds. The standard InChI is InChI=1S/C14H13N5O4/c15-10(5-8-1-3-9(20)4-2-8)14(22)23-19-7-18-11-12(19)16-6-17-13(11)21/h1-4,6-7,10,20H,5,15H2,(H,16,17,21)/t10-/m0/s1. The number of phenolic OH excluding ortho intramolecular Hbond substituents is 1. The molecule has 1 atom stereocenters. The Kier molecular flexibility index (Phi) is 3.77. The molecule has 2 aromatic heterocycles. The van der Waals surface area contributed by atoms with Crippen molar-refractivity contribution in [3.05, 3.63) is 52.8 Å². The second-order valence-electron chi connectivity index (χ2n) is 4.86. The van der Waals surface area contributed by atoms with Crippen molar-refractivity contribution < 1.29 is 14.7 Å². The maximum atomic E-state index is 12.1. The molecule has 118 valence electrons. The molecule has 0 aliphatic rings. The quantitative estimate of drug-likeness (QED) is 0.582. The van der Waals surface area contributed by atoms with Crippen molar-refractivity contribution in [1.82, 2.24) is 19.7 Å². The number of hydrogen-bond donors (Lipinski definition) is 3. The first kappa shape index (κ1) is 14.7. The number of aromatic amines is 1. The minimum Gasteiger partial charge on any atom is -0.508 e. The van der Waals surface area contributed by atoms with Crippen LogP contribution in [0.4, 0.5) is 0 Å². The molecule has 3 aromatic rings. The Morgan fingerprint density at radius 3 is 2.83 bits per heavy atom. The summed E-state index contributed by atoms with van der Waals surface area (Å²) in [5, 5.41) is 9.23. The molecule has 23 heavy (non-hydrogen) atoms. The van der Waals surface area contributed by atoms with Gasteiger partial charge in [0.1, 0.15) is 18.1 Å². The van der Waals surface area contributed by atoms with Crippen LogP contribution in [0.25, 0.3) is 11.2 Å². The van der Waals surface area contributed by atoms with Crippen LogP contribution in [0.5, 0.6) is 5.75 Å². The summed E-state index contributed by atoms with van der Waals surface area (Å²) in [6, 6.07) is 5.42. The number of carbonyl (C=O) groups is 1. The fraction of sp³-hybridized carbons (Fsp3) is 0.143. The van der Waals surface area contributed by atoms with Gasteiger partial charge in [-0.05, 0) is 24.1 Å². The summed E-state index contributed by atoms with van der Waals surface area (Å²) in [5.74, 6) is -0.564. The van der Waals surface area contributed by atoms with Crippen molar-refractivity contribution >= 4 is 17.1 Å². The van der Waals surface area contributed by atoms with Gasteiger partial charge in [-0.1, -0.05) is 12.1 Å². The van der Waals surface area contributed by atoms with Gasteiger partial charge in [-0.3, -0.25) is 4.79 Å². The van der Waals surface area contributed by atoms with Crippen molar-refractivity contribution in [2.45, 2.75) is 12.5 Å². The number of nitrogens with two attached hydrogens (primary N) is 1. The fourth-order valence-electron chi connectivity index (χ4n) is 2.03. The molecule has 0 fully saturated rings. The molecule has 0 radical (unpaired) electrons. The minimum atomic E-state index is -0.918. The monoisotopic (exact) mass is 315 g/mol. The van der Waals surface area contributed by atoms with E-state index in [1.54, 1.807) is 12.1 Å². The molecule has 1 aromatic carbocycles. The summed E-state index contributed by atoms with van der Waals surface area (Å²) in [5.41, 5.74) is 6.35. The molecular weight excluding hydrogens is 302 g/mol. The zero-order valence-electron chi connectivity index (χ0n) is 11.8. The van der Waals surface area contributed by atoms with E-state index in [1.165, 1.54) is 24.8 Å². The van der Waals surface area contributed by atoms with E-state index in [2.05, 4.69) is 15.0 Å². The van der Waals surface area contributed by atoms with Crippen molar-refractivity contribution in [3.8, 4) is 5.75 Å². The molecular formula is C14H13N5O4. The zero-order valence-corrected chi connectivity index (χ0v) is 11.8. The van der Waals surface area contributed by atoms with Crippen LogP contribution in [0.1, 0.15) is 5.56 Å². The van der Waals surface area contributed by atoms with Gasteiger partial charge in [-0.25, -0.2) is 14.8 Å². The largest absolute Gasteiger partial charge is 0.508 e. The van der Waals surface area contributed by atoms with Crippen LogP contribution in [0.15, 0.2) is 41.7 Å². The van der Waals surface area contributed by atoms with E-state index in [0.717, 1.165) is 10.3 Å². The van der Waals surface area contributed by atoms with Gasteiger partial charge in [0.25, 0.3) is 5.56 Å². The number of aromatic hydroxyl groups is 1. The molecule has 3 rings (SSSR count). The van der Waals surface area contributed by atoms with Gasteiger partial charge in [0.2, 0.25) is 5.65 Å². The van der Waals surface area contributed by atoms with E-state index in [4.69, 9.17) is 10.6 Å². The number of phenols is 1. The molecule has 9 heteroatoms. The average molecular weight is 315 g/mol. The van der Waals surface area contributed by atoms with Crippen molar-refractivity contribution in [3.63, 3.8) is 0 Å². The summed E-state index contributed by atoms with van der Waals surface area (Å²) in [7, 11) is 0. The minimum absolute atomic E-state index is 0.0624. The highest BCUT2D eigenvalue weighted by Gasteiger charge is 2.19. The molecule has 9 nitrogen and oxygen atoms in total. The summed E-state index contributed by atoms with van der Waals surface area (Å²) in [6.45, 7) is 0. The van der Waals surface area contributed by atoms with Gasteiger partial charge in [0, 0.05) is 0 Å². The van der Waals surface area contributed by atoms with Crippen LogP contribution in [-0.2, 0) is 11.2 Å². The molecule has 0 bridgehead atoms. The van der Waals surface area contributed by atoms with Crippen LogP contribution in [0.2, 0.25) is 0 Å². The van der Waals surface area contributed by atoms with E-state index < -0.39 is 17.6 Å². The van der Waals surface area contributed by atoms with Crippen molar-refractivity contribution in [2.24, 2.45) is 5.73 Å². The average Bonchev–Trinajstić information content (AvgIpc) is 2.94. The summed E-state index contributed by atoms with van der Waals surface area (Å²) < 4.78 is 1.00. The van der Waals surface area contributed by atoms with E-state index >= 15 is 0 Å². The zero-order chi connectivity index (χ0) is 16.4. The molecule has 4 N–H and O–H groups in total. The Morgan fingerprint density at radius 2 is 2.09 bits per heavy atom. The maximum absolute atomic E-state index is 12.1. The first-order chi connectivity index (χ1) is 11.0. The van der Waals surface area contributed by atoms with E-state index in [0.29, 0.717) is 0 Å². The predicted octanol–water partition coefficient (Wildman–Crippen LogP) is -0.650. The van der Waals surface area contributed by atoms with Crippen molar-refractivity contribution in [1.29, 1.82) is 0 Å². The molecule has 2 heterocycles. The van der Waals surface area contributed by atoms with Crippen LogP contribution in [0, 0.1) is 0 Å². The van der Waals surface area contributed by atoms with Gasteiger partial charge in [0.15, 0.2) is 5.52 Å². The Hall–Kier alpha value is -3.20. The number of aromatic nitrogens is 4. The van der Waals surface area contributed by atoms with Gasteiger partial charge in [-0.2, -0.15) is 0 Å². The third-order valence-electron chi connectivity index (χ3n) is 3.19. The van der Waals surface area contributed by atoms with Gasteiger partial charge >= 0.3 is 5.97 Å². The topological polar surface area (TPSA) is 136 Å². The number of nitrogens with one attached hydrogen (secondary N) is 1. The Bertz CT molecular complexity index is 899. The third kappa shape index (κ3) is 3.04. The molecule has 0 saturated carbocycles. The summed E-state index contributed by atoms with van der Waals surface area (Å²) >= 11 is 0. The first-order valence-electron chi connectivity index (χ1n) is 6.71. The lowest BCUT2D eigenvalue weighted by molar-refractivity contribution is -0.145. The van der Waals surface area contributed by atoms with Gasteiger partial charge < -0.3 is 20.7 Å². The number of carbonyl (C=O) groups excluding carboxylic acids is 1. The second-order valence-corrected chi connectivity index (χ2v) is 4.86. The number of nitrogens with zero attached hydrogens (tertiary/aromatic N) is 3. The number of benzene rings is 1. The fourth-order valence-corrected chi connectivity index (χ4v) is 2.03. The van der Waals surface area contributed by atoms with E-state index in [1.807, 2.05) is 0 Å². The SMILES string of the molecule is N[C@@H](Cc1ccc(O)cc1)C(=O)On1cnc2c(=O)[nH]cnc21. The van der Waals surface area contributed by atoms with Crippen LogP contribution < -0.4 is 16.1 Å². The van der Waals surface area contributed by atoms with Gasteiger partial charge in [-0.15, -0.1) is 4.73 Å². The lowest BCUT2D eigenvalue weighted by Crippen LogP contribution is -2.39. The van der Waals surface area contributed by atoms with Crippen molar-refractivity contribution in [2.75, 3.05) is 0 Å². The number of imidazole rings is 1. The predicted molar refractivity (Wildman–Crippen MR) is 79.5 cm³/mol. The van der Waals surface area contributed by atoms with Crippen LogP contribution in [-0.4, -0.2) is 36.8 Å². The lowest BCUT2D eigenvalue weighted by Gasteiger charge is -2.11. The maximum Gasteiger partial charge on any atom is 0.349 e. The molecule has 0 aliphatic carbocycles. The Labute approximate surface area is 129 Å². The highest BCUT2D eigenvalue weighted by atomic mass is 16.7. The summed E-state index contributed by atoms with van der Waals surface area (Å²) in [6.07, 6.45) is 2.60. The van der Waals surface area contributed by atoms with E-state index in [9.17, 15) is 14.7 Å². The Balaban J connectivity index is 1.73. The lowest BCUT2D eigenvalue weighted by atomic mass is 10.1. The van der Waals surface area contributed by atoms with Crippen LogP contribution in [0.3, 0.4) is 0 Å². The highest BCUT2D eigenvalue weighted by Crippen LogP contribution is 2.11. The summed E-state index contributed by atoms with van der Waals surface area (Å²) in [4.78, 5) is 38.8. The molecule has 0 spiro atoms. The number of H-pyrrole nitrogens is 1. The normalized spacial score (nSPS) is 12.2. The van der Waals surface area contributed by atoms with Gasteiger partial charge in [0.05, 0.1) is 6.33 Å². The molecule has 0 aliphatic heterocycles. The molecule has 0 saturated heterocycles. The van der Waals surface area contributed by atoms with Crippen LogP contribution >= 0.6 is 0 Å². The smallest absolute Gasteiger partial charge is 0.349 e. The number of rotatable bonds is 4. The number of fused-ring (bicyclic) bond motifs is 1. The second kappa shape index (κ2) is 5.89.